The van der Waals surface area contributed by atoms with Gasteiger partial charge < -0.3 is 0 Å². The van der Waals surface area contributed by atoms with Crippen molar-refractivity contribution in [3.05, 3.63) is 77.6 Å². The molecule has 0 bridgehead atoms. The van der Waals surface area contributed by atoms with Crippen LogP contribution in [0.4, 0.5) is 4.39 Å². The van der Waals surface area contributed by atoms with Crippen LogP contribution in [0.5, 0.6) is 0 Å². The number of unbranched alkanes of at least 4 members (excludes halogenated alkanes) is 1. The average molecular weight is 413 g/mol. The van der Waals surface area contributed by atoms with E-state index in [-0.39, 0.29) is 16.7 Å². The molecule has 0 aliphatic heterocycles. The number of Topliss-reactive ketones (excluding diaryl/α,β-unsaturated/α-hetero) is 1. The smallest absolute Gasteiger partial charge is 0.269 e. The molecule has 3 rings (SSSR count). The van der Waals surface area contributed by atoms with E-state index in [1.54, 1.807) is 6.08 Å². The molecule has 0 aliphatic rings. The molecular weight excluding hydrogens is 395 g/mol. The number of rotatable bonds is 6. The van der Waals surface area contributed by atoms with Crippen LogP contribution in [-0.4, -0.2) is 10.4 Å². The highest BCUT2D eigenvalue weighted by Crippen LogP contribution is 2.10. The molecule has 3 aromatic rings. The minimum atomic E-state index is -0.518. The zero-order chi connectivity index (χ0) is 20.1. The third kappa shape index (κ3) is 4.19. The number of benzene rings is 1. The molecule has 2 heterocycles. The fourth-order valence-electron chi connectivity index (χ4n) is 2.67. The lowest BCUT2D eigenvalue weighted by molar-refractivity contribution is 0.105. The third-order valence-electron chi connectivity index (χ3n) is 4.14. The average Bonchev–Trinajstić information content (AvgIpc) is 3.31. The van der Waals surface area contributed by atoms with Crippen molar-refractivity contribution in [2.45, 2.75) is 26.3 Å². The first-order valence-corrected chi connectivity index (χ1v) is 10.5. The first-order valence-electron chi connectivity index (χ1n) is 8.73. The normalized spacial score (nSPS) is 12.7. The van der Waals surface area contributed by atoms with Gasteiger partial charge in [0.25, 0.3) is 5.56 Å². The van der Waals surface area contributed by atoms with Crippen LogP contribution in [0.1, 0.15) is 35.7 Å². The maximum atomic E-state index is 13.2. The van der Waals surface area contributed by atoms with Crippen LogP contribution in [0.3, 0.4) is 0 Å². The standard InChI is InChI=1S/C21H17FN2O2S2/c1-2-3-9-24-20(26)18(11-14-8-10-27-13-14)28-21(24)17(12-23)19(25)15-4-6-16(22)7-5-15/h4-8,10-11,13H,2-3,9H2,1H3/b18-11+,21-17-. The molecule has 2 aromatic heterocycles. The van der Waals surface area contributed by atoms with Crippen molar-refractivity contribution in [2.24, 2.45) is 0 Å². The number of ketones is 1. The van der Waals surface area contributed by atoms with Crippen LogP contribution in [0.15, 0.2) is 45.9 Å². The van der Waals surface area contributed by atoms with Crippen LogP contribution >= 0.6 is 22.7 Å². The first kappa shape index (κ1) is 19.9. The van der Waals surface area contributed by atoms with E-state index < -0.39 is 11.6 Å². The number of halogens is 1. The van der Waals surface area contributed by atoms with Crippen LogP contribution in [0.25, 0.3) is 11.6 Å². The Morgan fingerprint density at radius 3 is 2.64 bits per heavy atom. The molecule has 0 spiro atoms. The minimum Gasteiger partial charge on any atom is -0.298 e. The Morgan fingerprint density at radius 1 is 1.29 bits per heavy atom. The van der Waals surface area contributed by atoms with Crippen LogP contribution in [0, 0.1) is 17.1 Å². The molecule has 0 N–H and O–H groups in total. The molecule has 0 amide bonds. The summed E-state index contributed by atoms with van der Waals surface area (Å²) in [6, 6.07) is 8.90. The second-order valence-corrected chi connectivity index (χ2v) is 7.92. The van der Waals surface area contributed by atoms with Gasteiger partial charge in [0.2, 0.25) is 5.78 Å². The fraction of sp³-hybridized carbons (Fsp3) is 0.190. The summed E-state index contributed by atoms with van der Waals surface area (Å²) in [7, 11) is 0. The first-order chi connectivity index (χ1) is 13.5. The van der Waals surface area contributed by atoms with Gasteiger partial charge in [0, 0.05) is 12.1 Å². The Morgan fingerprint density at radius 2 is 2.04 bits per heavy atom. The number of carbonyl (C=O) groups is 1. The predicted molar refractivity (Wildman–Crippen MR) is 110 cm³/mol. The molecule has 1 aromatic carbocycles. The Labute approximate surface area is 169 Å². The van der Waals surface area contributed by atoms with Gasteiger partial charge in [-0.25, -0.2) is 4.39 Å². The molecule has 4 nitrogen and oxygen atoms in total. The quantitative estimate of drug-likeness (QED) is 0.584. The van der Waals surface area contributed by atoms with Gasteiger partial charge in [-0.2, -0.15) is 16.6 Å². The molecule has 0 saturated carbocycles. The zero-order valence-electron chi connectivity index (χ0n) is 15.1. The van der Waals surface area contributed by atoms with E-state index in [1.165, 1.54) is 40.2 Å². The van der Waals surface area contributed by atoms with E-state index in [0.29, 0.717) is 15.7 Å². The van der Waals surface area contributed by atoms with Crippen molar-refractivity contribution in [2.75, 3.05) is 0 Å². The van der Waals surface area contributed by atoms with Gasteiger partial charge in [-0.15, -0.1) is 11.3 Å². The molecule has 0 unspecified atom stereocenters. The molecule has 0 radical (unpaired) electrons. The summed E-state index contributed by atoms with van der Waals surface area (Å²) in [6.07, 6.45) is 3.40. The van der Waals surface area contributed by atoms with Gasteiger partial charge >= 0.3 is 0 Å². The summed E-state index contributed by atoms with van der Waals surface area (Å²) >= 11 is 2.66. The molecule has 0 aliphatic carbocycles. The van der Waals surface area contributed by atoms with Gasteiger partial charge in [0.15, 0.2) is 0 Å². The van der Waals surface area contributed by atoms with Gasteiger partial charge in [-0.1, -0.05) is 13.3 Å². The van der Waals surface area contributed by atoms with Crippen molar-refractivity contribution >= 4 is 40.1 Å². The number of carbonyl (C=O) groups excluding carboxylic acids is 1. The lowest BCUT2D eigenvalue weighted by atomic mass is 10.1. The predicted octanol–water partition coefficient (Wildman–Crippen LogP) is 3.30. The zero-order valence-corrected chi connectivity index (χ0v) is 16.8. The lowest BCUT2D eigenvalue weighted by Crippen LogP contribution is -2.33. The van der Waals surface area contributed by atoms with Crippen LogP contribution in [-0.2, 0) is 6.54 Å². The number of nitriles is 1. The summed E-state index contributed by atoms with van der Waals surface area (Å²) in [5.74, 6) is -0.977. The molecule has 0 saturated heterocycles. The van der Waals surface area contributed by atoms with E-state index in [0.717, 1.165) is 29.7 Å². The lowest BCUT2D eigenvalue weighted by Gasteiger charge is -2.03. The van der Waals surface area contributed by atoms with E-state index in [1.807, 2.05) is 29.8 Å². The van der Waals surface area contributed by atoms with Gasteiger partial charge in [-0.05, 0) is 59.2 Å². The maximum Gasteiger partial charge on any atom is 0.269 e. The number of aromatic nitrogens is 1. The van der Waals surface area contributed by atoms with Crippen molar-refractivity contribution in [1.82, 2.24) is 4.57 Å². The molecule has 28 heavy (non-hydrogen) atoms. The summed E-state index contributed by atoms with van der Waals surface area (Å²) < 4.78 is 15.5. The fourth-order valence-corrected chi connectivity index (χ4v) is 4.42. The molecule has 0 atom stereocenters. The number of hydrogen-bond acceptors (Lipinski definition) is 5. The van der Waals surface area contributed by atoms with Gasteiger partial charge in [0.05, 0.1) is 4.53 Å². The number of thiazole rings is 1. The maximum absolute atomic E-state index is 13.2. The highest BCUT2D eigenvalue weighted by molar-refractivity contribution is 7.08. The summed E-state index contributed by atoms with van der Waals surface area (Å²) in [4.78, 5) is 25.8. The number of thiophene rings is 1. The van der Waals surface area contributed by atoms with Gasteiger partial charge in [0.1, 0.15) is 22.1 Å². The SMILES string of the molecule is CCCCn1c(=O)/c(=C\c2ccsc2)s/c1=C(/C#N)C(=O)c1ccc(F)cc1. The minimum absolute atomic E-state index is 0.102. The Balaban J connectivity index is 2.24. The highest BCUT2D eigenvalue weighted by atomic mass is 32.1. The second kappa shape index (κ2) is 8.91. The Hall–Kier alpha value is -2.82. The monoisotopic (exact) mass is 412 g/mol. The molecule has 7 heteroatoms. The molecule has 142 valence electrons. The van der Waals surface area contributed by atoms with Crippen LogP contribution < -0.4 is 14.8 Å². The van der Waals surface area contributed by atoms with Crippen molar-refractivity contribution < 1.29 is 9.18 Å². The van der Waals surface area contributed by atoms with Crippen LogP contribution in [0.2, 0.25) is 0 Å². The van der Waals surface area contributed by atoms with E-state index in [9.17, 15) is 19.2 Å². The summed E-state index contributed by atoms with van der Waals surface area (Å²) in [6.45, 7) is 2.44. The largest absolute Gasteiger partial charge is 0.298 e. The second-order valence-electron chi connectivity index (χ2n) is 6.11. The van der Waals surface area contributed by atoms with Crippen molar-refractivity contribution in [3.63, 3.8) is 0 Å². The van der Waals surface area contributed by atoms with E-state index >= 15 is 0 Å². The molecular formula is C21H17FN2O2S2. The summed E-state index contributed by atoms with van der Waals surface area (Å²) in [5.41, 5.74) is 0.805. The molecule has 0 fully saturated rings. The summed E-state index contributed by atoms with van der Waals surface area (Å²) in [5, 5.41) is 13.5. The topological polar surface area (TPSA) is 62.9 Å². The van der Waals surface area contributed by atoms with E-state index in [4.69, 9.17) is 0 Å². The number of hydrogen-bond donors (Lipinski definition) is 0. The number of nitrogens with zero attached hydrogens (tertiary/aromatic N) is 2. The third-order valence-corrected chi connectivity index (χ3v) is 5.97. The van der Waals surface area contributed by atoms with Crippen molar-refractivity contribution in [3.8, 4) is 6.07 Å². The van der Waals surface area contributed by atoms with Gasteiger partial charge in [-0.3, -0.25) is 14.2 Å². The Kier molecular flexibility index (Phi) is 6.34. The van der Waals surface area contributed by atoms with Crippen molar-refractivity contribution in [1.29, 1.82) is 5.26 Å². The highest BCUT2D eigenvalue weighted by Gasteiger charge is 2.17. The Bertz CT molecular complexity index is 1200. The van der Waals surface area contributed by atoms with E-state index in [2.05, 4.69) is 0 Å².